The van der Waals surface area contributed by atoms with E-state index in [0.29, 0.717) is 49.6 Å². The summed E-state index contributed by atoms with van der Waals surface area (Å²) in [4.78, 5) is 22.1. The average molecular weight is 579 g/mol. The van der Waals surface area contributed by atoms with Gasteiger partial charge in [-0.1, -0.05) is 6.07 Å². The third-order valence-electron chi connectivity index (χ3n) is 6.12. The highest BCUT2D eigenvalue weighted by Gasteiger charge is 2.34. The van der Waals surface area contributed by atoms with Crippen molar-refractivity contribution in [3.05, 3.63) is 71.6 Å². The highest BCUT2D eigenvalue weighted by atomic mass is 19.4. The number of nitrogens with two attached hydrogens (primary N) is 1. The maximum atomic E-state index is 13.9. The third kappa shape index (κ3) is 7.98. The van der Waals surface area contributed by atoms with Gasteiger partial charge in [-0.15, -0.1) is 13.2 Å². The van der Waals surface area contributed by atoms with Gasteiger partial charge in [0.05, 0.1) is 12.1 Å². The SMILES string of the molecule is CN(CCCCOCCOc1nc2cc(C(N)=O)ccc2c2cnccc12)Cc1cc(F)c(OC(F)(F)F)c(F)c1. The fourth-order valence-electron chi connectivity index (χ4n) is 4.27. The Bertz CT molecular complexity index is 1510. The maximum Gasteiger partial charge on any atom is 0.573 e. The number of aromatic nitrogens is 2. The van der Waals surface area contributed by atoms with E-state index in [1.165, 1.54) is 0 Å². The molecule has 4 rings (SSSR count). The molecule has 218 valence electrons. The second kappa shape index (κ2) is 13.0. The molecule has 0 unspecified atom stereocenters. The van der Waals surface area contributed by atoms with Gasteiger partial charge in [0.15, 0.2) is 11.6 Å². The fourth-order valence-corrected chi connectivity index (χ4v) is 4.27. The minimum atomic E-state index is -5.19. The van der Waals surface area contributed by atoms with Crippen LogP contribution in [-0.2, 0) is 11.3 Å². The van der Waals surface area contributed by atoms with Crippen molar-refractivity contribution < 1.29 is 41.0 Å². The van der Waals surface area contributed by atoms with E-state index < -0.39 is 29.7 Å². The van der Waals surface area contributed by atoms with E-state index in [1.807, 2.05) is 0 Å². The first-order valence-electron chi connectivity index (χ1n) is 12.6. The number of ether oxygens (including phenoxy) is 3. The van der Waals surface area contributed by atoms with Crippen molar-refractivity contribution in [2.75, 3.05) is 33.4 Å². The summed E-state index contributed by atoms with van der Waals surface area (Å²) in [5.41, 5.74) is 6.46. The Morgan fingerprint density at radius 3 is 2.44 bits per heavy atom. The van der Waals surface area contributed by atoms with Crippen LogP contribution in [0.15, 0.2) is 48.8 Å². The number of primary amides is 1. The highest BCUT2D eigenvalue weighted by molar-refractivity contribution is 6.09. The number of rotatable bonds is 13. The third-order valence-corrected chi connectivity index (χ3v) is 6.12. The molecule has 1 amide bonds. The molecular weight excluding hydrogens is 551 g/mol. The minimum Gasteiger partial charge on any atom is -0.475 e. The first-order valence-corrected chi connectivity index (χ1v) is 12.6. The summed E-state index contributed by atoms with van der Waals surface area (Å²) in [6.07, 6.45) is -0.439. The molecular formula is C28H27F5N4O4. The predicted octanol–water partition coefficient (Wildman–Crippen LogP) is 5.37. The Balaban J connectivity index is 1.21. The first-order chi connectivity index (χ1) is 19.5. The number of hydrogen-bond donors (Lipinski definition) is 1. The molecule has 0 aliphatic heterocycles. The molecule has 2 heterocycles. The topological polar surface area (TPSA) is 99.8 Å². The van der Waals surface area contributed by atoms with Gasteiger partial charge in [0.25, 0.3) is 0 Å². The van der Waals surface area contributed by atoms with Gasteiger partial charge in [0.1, 0.15) is 6.61 Å². The molecule has 0 saturated carbocycles. The Hall–Kier alpha value is -4.10. The van der Waals surface area contributed by atoms with Gasteiger partial charge in [-0.2, -0.15) is 0 Å². The zero-order chi connectivity index (χ0) is 29.6. The van der Waals surface area contributed by atoms with Crippen molar-refractivity contribution >= 4 is 27.6 Å². The van der Waals surface area contributed by atoms with Crippen LogP contribution < -0.4 is 15.2 Å². The van der Waals surface area contributed by atoms with Gasteiger partial charge in [-0.05, 0) is 62.3 Å². The zero-order valence-electron chi connectivity index (χ0n) is 22.0. The van der Waals surface area contributed by atoms with Gasteiger partial charge < -0.3 is 24.8 Å². The molecule has 0 bridgehead atoms. The largest absolute Gasteiger partial charge is 0.573 e. The standard InChI is InChI=1S/C28H27F5N4O4/c1-37(16-17-12-22(29)25(23(30)13-17)41-28(31,32)33)8-2-3-9-39-10-11-40-27-20-6-7-35-15-21(20)19-5-4-18(26(34)38)14-24(19)36-27/h4-7,12-15H,2-3,8-11,16H2,1H3,(H2,34,38). The lowest BCUT2D eigenvalue weighted by Crippen LogP contribution is -2.21. The molecule has 4 aromatic rings. The van der Waals surface area contributed by atoms with Crippen LogP contribution in [0.4, 0.5) is 22.0 Å². The van der Waals surface area contributed by atoms with E-state index in [0.717, 1.165) is 28.3 Å². The monoisotopic (exact) mass is 578 g/mol. The number of carbonyl (C=O) groups is 1. The molecule has 41 heavy (non-hydrogen) atoms. The van der Waals surface area contributed by atoms with Gasteiger partial charge in [-0.3, -0.25) is 9.78 Å². The van der Waals surface area contributed by atoms with Crippen molar-refractivity contribution in [1.29, 1.82) is 0 Å². The number of halogens is 5. The van der Waals surface area contributed by atoms with Crippen LogP contribution in [-0.4, -0.2) is 60.6 Å². The van der Waals surface area contributed by atoms with Crippen molar-refractivity contribution in [3.8, 4) is 11.6 Å². The number of alkyl halides is 3. The van der Waals surface area contributed by atoms with E-state index in [9.17, 15) is 26.7 Å². The zero-order valence-corrected chi connectivity index (χ0v) is 22.0. The van der Waals surface area contributed by atoms with Crippen LogP contribution in [0.1, 0.15) is 28.8 Å². The number of pyridine rings is 2. The second-order valence-corrected chi connectivity index (χ2v) is 9.28. The van der Waals surface area contributed by atoms with Gasteiger partial charge >= 0.3 is 6.36 Å². The lowest BCUT2D eigenvalue weighted by Gasteiger charge is -2.18. The molecule has 13 heteroatoms. The molecule has 8 nitrogen and oxygen atoms in total. The number of amides is 1. The molecule has 0 aliphatic rings. The molecule has 0 fully saturated rings. The van der Waals surface area contributed by atoms with Crippen LogP contribution in [0.25, 0.3) is 21.7 Å². The summed E-state index contributed by atoms with van der Waals surface area (Å²) in [5, 5.41) is 2.41. The highest BCUT2D eigenvalue weighted by Crippen LogP contribution is 2.31. The van der Waals surface area contributed by atoms with E-state index in [2.05, 4.69) is 14.7 Å². The van der Waals surface area contributed by atoms with Crippen LogP contribution in [0.3, 0.4) is 0 Å². The number of nitrogens with zero attached hydrogens (tertiary/aromatic N) is 3. The first kappa shape index (κ1) is 29.9. The Morgan fingerprint density at radius 2 is 1.73 bits per heavy atom. The number of benzene rings is 2. The molecule has 0 spiro atoms. The second-order valence-electron chi connectivity index (χ2n) is 9.28. The Labute approximate surface area is 231 Å². The summed E-state index contributed by atoms with van der Waals surface area (Å²) in [5.74, 6) is -4.48. The van der Waals surface area contributed by atoms with E-state index in [-0.39, 0.29) is 18.7 Å². The lowest BCUT2D eigenvalue weighted by atomic mass is 10.1. The van der Waals surface area contributed by atoms with E-state index >= 15 is 0 Å². The minimum absolute atomic E-state index is 0.137. The van der Waals surface area contributed by atoms with E-state index in [4.69, 9.17) is 15.2 Å². The van der Waals surface area contributed by atoms with Crippen molar-refractivity contribution in [3.63, 3.8) is 0 Å². The van der Waals surface area contributed by atoms with Crippen LogP contribution >= 0.6 is 0 Å². The van der Waals surface area contributed by atoms with E-state index in [1.54, 1.807) is 48.6 Å². The number of carbonyl (C=O) groups excluding carboxylic acids is 1. The molecule has 2 aromatic heterocycles. The Morgan fingerprint density at radius 1 is 0.976 bits per heavy atom. The van der Waals surface area contributed by atoms with Crippen LogP contribution in [0.5, 0.6) is 11.6 Å². The number of fused-ring (bicyclic) bond motifs is 3. The van der Waals surface area contributed by atoms with Crippen molar-refractivity contribution in [2.24, 2.45) is 5.73 Å². The summed E-state index contributed by atoms with van der Waals surface area (Å²) in [6.45, 7) is 1.68. The fraction of sp³-hybridized carbons (Fsp3) is 0.321. The smallest absolute Gasteiger partial charge is 0.475 e. The Kier molecular flexibility index (Phi) is 9.50. The summed E-state index contributed by atoms with van der Waals surface area (Å²) < 4.78 is 79.7. The number of unbranched alkanes of at least 4 members (excludes halogenated alkanes) is 1. The summed E-state index contributed by atoms with van der Waals surface area (Å²) in [7, 11) is 1.73. The molecule has 2 aromatic carbocycles. The summed E-state index contributed by atoms with van der Waals surface area (Å²) >= 11 is 0. The number of hydrogen-bond acceptors (Lipinski definition) is 7. The lowest BCUT2D eigenvalue weighted by molar-refractivity contribution is -0.276. The molecule has 0 radical (unpaired) electrons. The molecule has 0 aliphatic carbocycles. The predicted molar refractivity (Wildman–Crippen MR) is 140 cm³/mol. The molecule has 2 N–H and O–H groups in total. The quantitative estimate of drug-likeness (QED) is 0.129. The van der Waals surface area contributed by atoms with Crippen molar-refractivity contribution in [2.45, 2.75) is 25.7 Å². The molecule has 0 atom stereocenters. The van der Waals surface area contributed by atoms with Crippen molar-refractivity contribution in [1.82, 2.24) is 14.9 Å². The maximum absolute atomic E-state index is 13.9. The van der Waals surface area contributed by atoms with Crippen LogP contribution in [0, 0.1) is 11.6 Å². The van der Waals surface area contributed by atoms with Gasteiger partial charge in [-0.25, -0.2) is 13.8 Å². The van der Waals surface area contributed by atoms with Gasteiger partial charge in [0.2, 0.25) is 17.5 Å². The normalized spacial score (nSPS) is 11.9. The van der Waals surface area contributed by atoms with Gasteiger partial charge in [0, 0.05) is 47.3 Å². The molecule has 0 saturated heterocycles. The average Bonchev–Trinajstić information content (AvgIpc) is 2.91. The summed E-state index contributed by atoms with van der Waals surface area (Å²) in [6, 6.07) is 8.46. The van der Waals surface area contributed by atoms with Crippen LogP contribution in [0.2, 0.25) is 0 Å².